The Morgan fingerprint density at radius 2 is 2.30 bits per heavy atom. The van der Waals surface area contributed by atoms with Gasteiger partial charge < -0.3 is 15.0 Å². The molecule has 1 saturated heterocycles. The fraction of sp³-hybridized carbons (Fsp3) is 0.312. The molecule has 3 rings (SSSR count). The van der Waals surface area contributed by atoms with Crippen LogP contribution >= 0.6 is 22.9 Å². The summed E-state index contributed by atoms with van der Waals surface area (Å²) in [6.07, 6.45) is 3.35. The maximum Gasteiger partial charge on any atom is 0.273 e. The second kappa shape index (κ2) is 8.31. The molecule has 0 bridgehead atoms. The Hall–Kier alpha value is -2.72. The van der Waals surface area contributed by atoms with E-state index in [-0.39, 0.29) is 23.7 Å². The number of halogens is 1. The summed E-state index contributed by atoms with van der Waals surface area (Å²) in [6.45, 7) is 4.44. The average molecular weight is 409 g/mol. The third-order valence-corrected chi connectivity index (χ3v) is 4.87. The molecule has 1 fully saturated rings. The molecule has 1 unspecified atom stereocenters. The van der Waals surface area contributed by atoms with Crippen LogP contribution in [0.3, 0.4) is 0 Å². The van der Waals surface area contributed by atoms with Gasteiger partial charge in [0, 0.05) is 24.5 Å². The van der Waals surface area contributed by atoms with Crippen LogP contribution in [0.5, 0.6) is 5.88 Å². The molecule has 27 heavy (non-hydrogen) atoms. The first-order valence-corrected chi connectivity index (χ1v) is 9.27. The Morgan fingerprint density at radius 1 is 1.48 bits per heavy atom. The van der Waals surface area contributed by atoms with Crippen molar-refractivity contribution in [1.29, 1.82) is 0 Å². The molecule has 142 valence electrons. The van der Waals surface area contributed by atoms with E-state index in [1.54, 1.807) is 10.3 Å². The predicted octanol–water partition coefficient (Wildman–Crippen LogP) is 2.05. The summed E-state index contributed by atoms with van der Waals surface area (Å²) in [6, 6.07) is -0.00148. The molecule has 0 saturated carbocycles. The van der Waals surface area contributed by atoms with Gasteiger partial charge in [-0.1, -0.05) is 18.2 Å². The molecule has 3 heterocycles. The molecule has 2 N–H and O–H groups in total. The summed E-state index contributed by atoms with van der Waals surface area (Å²) in [7, 11) is 1.48. The van der Waals surface area contributed by atoms with Crippen LogP contribution in [0, 0.1) is 0 Å². The monoisotopic (exact) mass is 408 g/mol. The lowest BCUT2D eigenvalue weighted by molar-refractivity contribution is -0.111. The highest BCUT2D eigenvalue weighted by Crippen LogP contribution is 2.23. The largest absolute Gasteiger partial charge is 0.480 e. The molecule has 1 aliphatic heterocycles. The van der Waals surface area contributed by atoms with Crippen molar-refractivity contribution in [1.82, 2.24) is 19.9 Å². The second-order valence-corrected chi connectivity index (χ2v) is 6.93. The van der Waals surface area contributed by atoms with E-state index in [4.69, 9.17) is 16.3 Å². The van der Waals surface area contributed by atoms with Gasteiger partial charge in [-0.05, 0) is 12.5 Å². The number of hydrogen-bond acceptors (Lipinski definition) is 8. The number of aromatic nitrogens is 3. The number of amides is 2. The Balaban J connectivity index is 1.59. The van der Waals surface area contributed by atoms with Crippen molar-refractivity contribution in [2.45, 2.75) is 12.5 Å². The molecule has 1 aliphatic rings. The van der Waals surface area contributed by atoms with E-state index in [9.17, 15) is 9.59 Å². The molecule has 11 heteroatoms. The van der Waals surface area contributed by atoms with E-state index in [0.29, 0.717) is 34.9 Å². The van der Waals surface area contributed by atoms with Crippen LogP contribution in [0.2, 0.25) is 5.02 Å². The maximum absolute atomic E-state index is 12.6. The topological polar surface area (TPSA) is 109 Å². The van der Waals surface area contributed by atoms with Gasteiger partial charge in [-0.3, -0.25) is 14.9 Å². The van der Waals surface area contributed by atoms with Gasteiger partial charge in [-0.2, -0.15) is 4.98 Å². The number of nitrogens with one attached hydrogen (secondary N) is 2. The predicted molar refractivity (Wildman–Crippen MR) is 102 cm³/mol. The minimum atomic E-state index is -0.368. The van der Waals surface area contributed by atoms with Gasteiger partial charge in [0.1, 0.15) is 10.7 Å². The van der Waals surface area contributed by atoms with E-state index in [0.717, 1.165) is 12.5 Å². The second-order valence-electron chi connectivity index (χ2n) is 5.66. The van der Waals surface area contributed by atoms with Gasteiger partial charge >= 0.3 is 0 Å². The van der Waals surface area contributed by atoms with E-state index in [1.807, 2.05) is 0 Å². The normalized spacial score (nSPS) is 16.1. The number of carbonyl (C=O) groups excluding carboxylic acids is 2. The summed E-state index contributed by atoms with van der Waals surface area (Å²) in [5.41, 5.74) is 0.296. The van der Waals surface area contributed by atoms with Crippen molar-refractivity contribution in [2.24, 2.45) is 0 Å². The Labute approximate surface area is 164 Å². The molecule has 9 nitrogen and oxygen atoms in total. The molecular weight excluding hydrogens is 392 g/mol. The zero-order valence-corrected chi connectivity index (χ0v) is 16.0. The molecule has 0 aromatic carbocycles. The number of ether oxygens (including phenoxy) is 1. The first-order chi connectivity index (χ1) is 13.0. The number of likely N-dealkylation sites (tertiary alicyclic amines) is 1. The summed E-state index contributed by atoms with van der Waals surface area (Å²) in [4.78, 5) is 38.1. The fourth-order valence-electron chi connectivity index (χ4n) is 2.56. The van der Waals surface area contributed by atoms with Crippen LogP contribution in [0.1, 0.15) is 16.9 Å². The summed E-state index contributed by atoms with van der Waals surface area (Å²) < 4.78 is 5.07. The Bertz CT molecular complexity index is 874. The molecule has 2 aromatic heterocycles. The number of carbonyl (C=O) groups is 2. The standard InChI is InChI=1S/C16H17ClN6O3S/c1-3-12(24)21-16-20-11(8-27-16)14(25)23-5-4-9(7-23)19-15-18-6-10(17)13(22-15)26-2/h3,6,8-9H,1,4-5,7H2,2H3,(H,18,19,22)(H,20,21,24). The third kappa shape index (κ3) is 4.52. The minimum Gasteiger partial charge on any atom is -0.480 e. The SMILES string of the molecule is C=CC(=O)Nc1nc(C(=O)N2CCC(Nc3ncc(Cl)c(OC)n3)C2)cs1. The fourth-order valence-corrected chi connectivity index (χ4v) is 3.41. The van der Waals surface area contributed by atoms with Crippen LogP contribution in [0.15, 0.2) is 24.2 Å². The lowest BCUT2D eigenvalue weighted by atomic mass is 10.3. The van der Waals surface area contributed by atoms with Crippen LogP contribution in [0.25, 0.3) is 0 Å². The zero-order valence-electron chi connectivity index (χ0n) is 14.4. The van der Waals surface area contributed by atoms with E-state index < -0.39 is 0 Å². The highest BCUT2D eigenvalue weighted by molar-refractivity contribution is 7.14. The minimum absolute atomic E-state index is 0.00148. The number of thiazole rings is 1. The van der Waals surface area contributed by atoms with Crippen molar-refractivity contribution in [3.8, 4) is 5.88 Å². The molecular formula is C16H17ClN6O3S. The number of hydrogen-bond donors (Lipinski definition) is 2. The van der Waals surface area contributed by atoms with Crippen LogP contribution in [-0.2, 0) is 4.79 Å². The maximum atomic E-state index is 12.6. The van der Waals surface area contributed by atoms with Gasteiger partial charge in [0.05, 0.1) is 13.3 Å². The van der Waals surface area contributed by atoms with Crippen molar-refractivity contribution < 1.29 is 14.3 Å². The van der Waals surface area contributed by atoms with E-state index in [1.165, 1.54) is 24.6 Å². The smallest absolute Gasteiger partial charge is 0.273 e. The van der Waals surface area contributed by atoms with Gasteiger partial charge in [0.2, 0.25) is 17.7 Å². The number of anilines is 2. The average Bonchev–Trinajstić information content (AvgIpc) is 3.32. The molecule has 2 aromatic rings. The quantitative estimate of drug-likeness (QED) is 0.704. The van der Waals surface area contributed by atoms with Crippen molar-refractivity contribution in [3.63, 3.8) is 0 Å². The summed E-state index contributed by atoms with van der Waals surface area (Å²) >= 11 is 7.11. The summed E-state index contributed by atoms with van der Waals surface area (Å²) in [5.74, 6) is 0.117. The lowest BCUT2D eigenvalue weighted by Crippen LogP contribution is -2.32. The molecule has 0 radical (unpaired) electrons. The van der Waals surface area contributed by atoms with Crippen LogP contribution in [-0.4, -0.2) is 57.9 Å². The molecule has 0 aliphatic carbocycles. The molecule has 2 amide bonds. The first-order valence-electron chi connectivity index (χ1n) is 8.01. The number of rotatable bonds is 6. The lowest BCUT2D eigenvalue weighted by Gasteiger charge is -2.16. The zero-order chi connectivity index (χ0) is 19.4. The summed E-state index contributed by atoms with van der Waals surface area (Å²) in [5, 5.41) is 8.03. The van der Waals surface area contributed by atoms with Gasteiger partial charge in [-0.15, -0.1) is 11.3 Å². The van der Waals surface area contributed by atoms with Crippen molar-refractivity contribution >= 4 is 45.8 Å². The first kappa shape index (κ1) is 19.1. The Kier molecular flexibility index (Phi) is 5.87. The van der Waals surface area contributed by atoms with Crippen molar-refractivity contribution in [3.05, 3.63) is 34.9 Å². The van der Waals surface area contributed by atoms with Gasteiger partial charge in [-0.25, -0.2) is 9.97 Å². The number of nitrogens with zero attached hydrogens (tertiary/aromatic N) is 4. The van der Waals surface area contributed by atoms with Crippen LogP contribution in [0.4, 0.5) is 11.1 Å². The van der Waals surface area contributed by atoms with Gasteiger partial charge in [0.15, 0.2) is 5.13 Å². The molecule has 0 spiro atoms. The Morgan fingerprint density at radius 3 is 3.04 bits per heavy atom. The van der Waals surface area contributed by atoms with Crippen molar-refractivity contribution in [2.75, 3.05) is 30.8 Å². The van der Waals surface area contributed by atoms with Gasteiger partial charge in [0.25, 0.3) is 5.91 Å². The highest BCUT2D eigenvalue weighted by atomic mass is 35.5. The third-order valence-electron chi connectivity index (χ3n) is 3.85. The highest BCUT2D eigenvalue weighted by Gasteiger charge is 2.29. The number of methoxy groups -OCH3 is 1. The van der Waals surface area contributed by atoms with E-state index >= 15 is 0 Å². The van der Waals surface area contributed by atoms with E-state index in [2.05, 4.69) is 32.2 Å². The van der Waals surface area contributed by atoms with Crippen LogP contribution < -0.4 is 15.4 Å². The molecule has 1 atom stereocenters.